The van der Waals surface area contributed by atoms with Crippen molar-refractivity contribution in [2.45, 2.75) is 33.4 Å². The Bertz CT molecular complexity index is 2210. The normalized spacial score (nSPS) is 14.0. The molecular weight excluding hydrogens is 814 g/mol. The number of methoxy groups -OCH3 is 1. The number of fused-ring (bicyclic) bond motifs is 1. The molecular formula is C35H31Br2N3O10S. The summed E-state index contributed by atoms with van der Waals surface area (Å²) < 4.78 is 30.8. The second-order valence-electron chi connectivity index (χ2n) is 10.8. The Kier molecular flexibility index (Phi) is 12.1. The number of nitro groups is 1. The largest absolute Gasteiger partial charge is 0.490 e. The minimum absolute atomic E-state index is 0.0313. The average Bonchev–Trinajstić information content (AvgIpc) is 3.40. The number of halogens is 2. The zero-order valence-electron chi connectivity index (χ0n) is 27.8. The van der Waals surface area contributed by atoms with Crippen molar-refractivity contribution in [2.75, 3.05) is 26.9 Å². The third-order valence-corrected chi connectivity index (χ3v) is 9.56. The number of allylic oxidation sites excluding steroid dienone is 1. The molecule has 266 valence electrons. The number of nitro benzene ring substituents is 1. The van der Waals surface area contributed by atoms with Gasteiger partial charge in [0.05, 0.1) is 51.6 Å². The number of ether oxygens (including phenoxy) is 5. The highest BCUT2D eigenvalue weighted by Crippen LogP contribution is 2.37. The van der Waals surface area contributed by atoms with E-state index in [0.29, 0.717) is 52.2 Å². The van der Waals surface area contributed by atoms with Gasteiger partial charge in [0, 0.05) is 22.2 Å². The Hall–Kier alpha value is -4.80. The van der Waals surface area contributed by atoms with Crippen LogP contribution in [0.15, 0.2) is 84.6 Å². The van der Waals surface area contributed by atoms with E-state index < -0.39 is 28.5 Å². The molecule has 0 N–H and O–H groups in total. The number of non-ortho nitro benzene ring substituents is 1. The molecule has 0 bridgehead atoms. The zero-order chi connectivity index (χ0) is 36.8. The van der Waals surface area contributed by atoms with E-state index in [-0.39, 0.29) is 43.4 Å². The molecule has 2 heterocycles. The highest BCUT2D eigenvalue weighted by atomic mass is 79.9. The van der Waals surface area contributed by atoms with E-state index in [2.05, 4.69) is 41.6 Å². The van der Waals surface area contributed by atoms with Crippen molar-refractivity contribution in [3.05, 3.63) is 121 Å². The van der Waals surface area contributed by atoms with Crippen LogP contribution in [-0.2, 0) is 25.7 Å². The molecule has 1 aliphatic heterocycles. The van der Waals surface area contributed by atoms with Crippen LogP contribution in [0.1, 0.15) is 43.5 Å². The lowest BCUT2D eigenvalue weighted by atomic mass is 9.95. The van der Waals surface area contributed by atoms with Crippen molar-refractivity contribution in [1.82, 2.24) is 4.57 Å². The Morgan fingerprint density at radius 2 is 1.76 bits per heavy atom. The molecule has 4 aromatic rings. The summed E-state index contributed by atoms with van der Waals surface area (Å²) in [6.07, 6.45) is 1.68. The fraction of sp³-hybridized carbons (Fsp3) is 0.257. The van der Waals surface area contributed by atoms with E-state index in [1.165, 1.54) is 23.8 Å². The van der Waals surface area contributed by atoms with Gasteiger partial charge in [0.25, 0.3) is 11.2 Å². The third kappa shape index (κ3) is 8.40. The Morgan fingerprint density at radius 3 is 2.43 bits per heavy atom. The minimum atomic E-state index is -0.941. The lowest BCUT2D eigenvalue weighted by Gasteiger charge is -2.25. The lowest BCUT2D eigenvalue weighted by Crippen LogP contribution is -2.40. The first-order valence-electron chi connectivity index (χ1n) is 15.5. The molecule has 1 atom stereocenters. The minimum Gasteiger partial charge on any atom is -0.490 e. The van der Waals surface area contributed by atoms with Crippen molar-refractivity contribution >= 4 is 66.9 Å². The molecule has 5 rings (SSSR count). The first kappa shape index (κ1) is 37.5. The van der Waals surface area contributed by atoms with Gasteiger partial charge in [-0.25, -0.2) is 14.6 Å². The SMILES string of the molecule is CCOC(=O)C1=C(C)N=c2s/c(=C/c3cc(Br)cc(Br)c3OCc3ccc([N+](=O)[O-])cc3)c(=O)n2[C@H]1c1ccc(OCC(=O)OC)c(OCC)c1. The van der Waals surface area contributed by atoms with E-state index in [0.717, 1.165) is 11.3 Å². The van der Waals surface area contributed by atoms with Crippen LogP contribution in [0.5, 0.6) is 17.2 Å². The van der Waals surface area contributed by atoms with Gasteiger partial charge in [-0.05, 0) is 90.3 Å². The fourth-order valence-corrected chi connectivity index (χ4v) is 7.65. The third-order valence-electron chi connectivity index (χ3n) is 7.53. The summed E-state index contributed by atoms with van der Waals surface area (Å²) in [7, 11) is 1.25. The number of aromatic nitrogens is 1. The lowest BCUT2D eigenvalue weighted by molar-refractivity contribution is -0.384. The molecule has 0 unspecified atom stereocenters. The Labute approximate surface area is 312 Å². The zero-order valence-corrected chi connectivity index (χ0v) is 31.8. The molecule has 0 saturated heterocycles. The number of rotatable bonds is 13. The summed E-state index contributed by atoms with van der Waals surface area (Å²) in [5.41, 5.74) is 1.90. The van der Waals surface area contributed by atoms with Gasteiger partial charge < -0.3 is 23.7 Å². The van der Waals surface area contributed by atoms with E-state index >= 15 is 0 Å². The summed E-state index contributed by atoms with van der Waals surface area (Å²) in [6.45, 7) is 5.31. The highest BCUT2D eigenvalue weighted by molar-refractivity contribution is 9.11. The summed E-state index contributed by atoms with van der Waals surface area (Å²) in [5.74, 6) is -0.189. The molecule has 51 heavy (non-hydrogen) atoms. The molecule has 1 aromatic heterocycles. The first-order chi connectivity index (χ1) is 24.4. The molecule has 16 heteroatoms. The number of nitrogens with zero attached hydrogens (tertiary/aromatic N) is 3. The summed E-state index contributed by atoms with van der Waals surface area (Å²) >= 11 is 8.21. The number of carbonyl (C=O) groups is 2. The smallest absolute Gasteiger partial charge is 0.343 e. The maximum atomic E-state index is 14.4. The predicted molar refractivity (Wildman–Crippen MR) is 195 cm³/mol. The molecule has 1 aliphatic rings. The maximum Gasteiger partial charge on any atom is 0.343 e. The number of esters is 2. The van der Waals surface area contributed by atoms with Gasteiger partial charge in [-0.15, -0.1) is 0 Å². The predicted octanol–water partition coefficient (Wildman–Crippen LogP) is 5.76. The topological polar surface area (TPSA) is 158 Å². The number of hydrogen-bond acceptors (Lipinski definition) is 12. The van der Waals surface area contributed by atoms with Crippen molar-refractivity contribution in [3.63, 3.8) is 0 Å². The number of benzene rings is 3. The summed E-state index contributed by atoms with van der Waals surface area (Å²) in [4.78, 5) is 55.1. The maximum absolute atomic E-state index is 14.4. The molecule has 0 saturated carbocycles. The van der Waals surface area contributed by atoms with Crippen molar-refractivity contribution in [2.24, 2.45) is 4.99 Å². The highest BCUT2D eigenvalue weighted by Gasteiger charge is 2.34. The van der Waals surface area contributed by atoms with E-state index in [1.54, 1.807) is 69.3 Å². The van der Waals surface area contributed by atoms with Gasteiger partial charge in [0.1, 0.15) is 12.4 Å². The molecule has 0 aliphatic carbocycles. The van der Waals surface area contributed by atoms with Crippen LogP contribution in [0.3, 0.4) is 0 Å². The summed E-state index contributed by atoms with van der Waals surface area (Å²) in [6, 6.07) is 13.6. The quantitative estimate of drug-likeness (QED) is 0.0921. The summed E-state index contributed by atoms with van der Waals surface area (Å²) in [5, 5.41) is 11.1. The van der Waals surface area contributed by atoms with Crippen molar-refractivity contribution in [1.29, 1.82) is 0 Å². The molecule has 0 spiro atoms. The van der Waals surface area contributed by atoms with Gasteiger partial charge in [-0.2, -0.15) is 0 Å². The Balaban J connectivity index is 1.62. The standard InChI is InChI=1S/C35H31Br2N3O10S/c1-5-47-27-14-21(9-12-26(27)49-18-29(41)46-4)31-30(34(43)48-6-2)19(3)38-35-39(31)33(42)28(51-35)15-22-13-23(36)16-25(37)32(22)50-17-20-7-10-24(11-8-20)40(44)45/h7-16,31H,5-6,17-18H2,1-4H3/b28-15+/t31-/m0/s1. The van der Waals surface area contributed by atoms with Gasteiger partial charge in [-0.1, -0.05) is 33.3 Å². The number of carbonyl (C=O) groups excluding carboxylic acids is 2. The van der Waals surface area contributed by atoms with Crippen LogP contribution in [0.25, 0.3) is 6.08 Å². The van der Waals surface area contributed by atoms with Crippen LogP contribution < -0.4 is 29.1 Å². The van der Waals surface area contributed by atoms with Gasteiger partial charge >= 0.3 is 11.9 Å². The van der Waals surface area contributed by atoms with Crippen LogP contribution in [0.4, 0.5) is 5.69 Å². The Morgan fingerprint density at radius 1 is 1.02 bits per heavy atom. The van der Waals surface area contributed by atoms with Crippen molar-refractivity contribution in [3.8, 4) is 17.2 Å². The first-order valence-corrected chi connectivity index (χ1v) is 17.9. The molecule has 0 radical (unpaired) electrons. The van der Waals surface area contributed by atoms with Crippen LogP contribution in [0, 0.1) is 10.1 Å². The van der Waals surface area contributed by atoms with Crippen LogP contribution in [0.2, 0.25) is 0 Å². The second kappa shape index (κ2) is 16.5. The van der Waals surface area contributed by atoms with Crippen LogP contribution in [-0.4, -0.2) is 48.4 Å². The van der Waals surface area contributed by atoms with E-state index in [9.17, 15) is 24.5 Å². The second-order valence-corrected chi connectivity index (χ2v) is 13.6. The molecule has 0 amide bonds. The fourth-order valence-electron chi connectivity index (χ4n) is 5.24. The van der Waals surface area contributed by atoms with Crippen molar-refractivity contribution < 1.29 is 38.2 Å². The number of thiazole rings is 1. The van der Waals surface area contributed by atoms with Gasteiger partial charge in [-0.3, -0.25) is 19.5 Å². The molecule has 3 aromatic carbocycles. The molecule has 13 nitrogen and oxygen atoms in total. The van der Waals surface area contributed by atoms with E-state index in [4.69, 9.17) is 18.9 Å². The van der Waals surface area contributed by atoms with E-state index in [1.807, 2.05) is 0 Å². The van der Waals surface area contributed by atoms with Gasteiger partial charge in [0.2, 0.25) is 0 Å². The molecule has 0 fully saturated rings. The average molecular weight is 846 g/mol. The monoisotopic (exact) mass is 843 g/mol. The number of hydrogen-bond donors (Lipinski definition) is 0. The van der Waals surface area contributed by atoms with Gasteiger partial charge in [0.15, 0.2) is 22.9 Å². The van der Waals surface area contributed by atoms with Crippen LogP contribution >= 0.6 is 43.2 Å².